The molecule has 3 amide bonds. The summed E-state index contributed by atoms with van der Waals surface area (Å²) in [7, 11) is 0. The SMILES string of the molecule is C=CCOc1ccccc1CN(CC(=O)NC(N)=O)c1ccc(C)c(C)c1. The normalized spacial score (nSPS) is 10.1. The van der Waals surface area contributed by atoms with E-state index in [-0.39, 0.29) is 6.54 Å². The second-order valence-corrected chi connectivity index (χ2v) is 6.24. The molecule has 2 aromatic carbocycles. The fourth-order valence-corrected chi connectivity index (χ4v) is 2.64. The second-order valence-electron chi connectivity index (χ2n) is 6.24. The van der Waals surface area contributed by atoms with E-state index in [4.69, 9.17) is 10.5 Å². The number of aryl methyl sites for hydroxylation is 2. The molecule has 142 valence electrons. The van der Waals surface area contributed by atoms with Crippen LogP contribution in [0.2, 0.25) is 0 Å². The number of carbonyl (C=O) groups excluding carboxylic acids is 2. The highest BCUT2D eigenvalue weighted by Gasteiger charge is 2.16. The molecule has 0 saturated heterocycles. The molecular formula is C21H25N3O3. The lowest BCUT2D eigenvalue weighted by Crippen LogP contribution is -2.42. The molecule has 0 aliphatic rings. The number of nitrogens with one attached hydrogen (secondary N) is 1. The van der Waals surface area contributed by atoms with Gasteiger partial charge in [0.05, 0.1) is 6.54 Å². The van der Waals surface area contributed by atoms with E-state index in [1.807, 2.05) is 61.2 Å². The zero-order valence-corrected chi connectivity index (χ0v) is 15.7. The lowest BCUT2D eigenvalue weighted by Gasteiger charge is -2.26. The monoisotopic (exact) mass is 367 g/mol. The summed E-state index contributed by atoms with van der Waals surface area (Å²) in [5.41, 5.74) is 9.13. The first kappa shape index (κ1) is 20.0. The van der Waals surface area contributed by atoms with Crippen molar-refractivity contribution < 1.29 is 14.3 Å². The lowest BCUT2D eigenvalue weighted by molar-refractivity contribution is -0.118. The van der Waals surface area contributed by atoms with Crippen molar-refractivity contribution in [3.63, 3.8) is 0 Å². The van der Waals surface area contributed by atoms with Gasteiger partial charge in [-0.2, -0.15) is 0 Å². The van der Waals surface area contributed by atoms with Gasteiger partial charge in [-0.15, -0.1) is 0 Å². The Hall–Kier alpha value is -3.28. The molecule has 2 aromatic rings. The van der Waals surface area contributed by atoms with Gasteiger partial charge in [-0.25, -0.2) is 4.79 Å². The molecule has 0 saturated carbocycles. The third-order valence-electron chi connectivity index (χ3n) is 4.14. The van der Waals surface area contributed by atoms with Crippen molar-refractivity contribution in [3.05, 3.63) is 71.8 Å². The Balaban J connectivity index is 2.32. The van der Waals surface area contributed by atoms with Gasteiger partial charge >= 0.3 is 6.03 Å². The van der Waals surface area contributed by atoms with Crippen molar-refractivity contribution >= 4 is 17.6 Å². The van der Waals surface area contributed by atoms with Crippen LogP contribution in [0.5, 0.6) is 5.75 Å². The minimum atomic E-state index is -0.866. The van der Waals surface area contributed by atoms with Crippen LogP contribution in [0.3, 0.4) is 0 Å². The maximum Gasteiger partial charge on any atom is 0.318 e. The van der Waals surface area contributed by atoms with Gasteiger partial charge in [0, 0.05) is 17.8 Å². The highest BCUT2D eigenvalue weighted by molar-refractivity contribution is 5.95. The summed E-state index contributed by atoms with van der Waals surface area (Å²) >= 11 is 0. The van der Waals surface area contributed by atoms with Gasteiger partial charge in [-0.3, -0.25) is 10.1 Å². The van der Waals surface area contributed by atoms with Crippen molar-refractivity contribution in [1.29, 1.82) is 0 Å². The van der Waals surface area contributed by atoms with Crippen molar-refractivity contribution in [3.8, 4) is 5.75 Å². The molecule has 6 heteroatoms. The molecule has 3 N–H and O–H groups in total. The largest absolute Gasteiger partial charge is 0.489 e. The van der Waals surface area contributed by atoms with E-state index < -0.39 is 11.9 Å². The molecule has 6 nitrogen and oxygen atoms in total. The Labute approximate surface area is 159 Å². The minimum absolute atomic E-state index is 0.0127. The van der Waals surface area contributed by atoms with Crippen LogP contribution in [0, 0.1) is 13.8 Å². The van der Waals surface area contributed by atoms with Crippen LogP contribution in [0.4, 0.5) is 10.5 Å². The number of nitrogens with zero attached hydrogens (tertiary/aromatic N) is 1. The number of amides is 3. The molecule has 2 rings (SSSR count). The zero-order valence-electron chi connectivity index (χ0n) is 15.7. The van der Waals surface area contributed by atoms with Crippen molar-refractivity contribution in [1.82, 2.24) is 5.32 Å². The fourth-order valence-electron chi connectivity index (χ4n) is 2.64. The molecular weight excluding hydrogens is 342 g/mol. The standard InChI is InChI=1S/C21H25N3O3/c1-4-11-27-19-8-6-5-7-17(19)13-24(14-20(25)23-21(22)26)18-10-9-15(2)16(3)12-18/h4-10,12H,1,11,13-14H2,2-3H3,(H3,22,23,25,26). The molecule has 0 heterocycles. The van der Waals surface area contributed by atoms with Gasteiger partial charge in [-0.05, 0) is 43.2 Å². The molecule has 0 unspecified atom stereocenters. The predicted molar refractivity (Wildman–Crippen MR) is 107 cm³/mol. The van der Waals surface area contributed by atoms with E-state index in [1.165, 1.54) is 0 Å². The summed E-state index contributed by atoms with van der Waals surface area (Å²) in [6, 6.07) is 12.7. The van der Waals surface area contributed by atoms with Crippen molar-refractivity contribution in [2.24, 2.45) is 5.73 Å². The number of carbonyl (C=O) groups is 2. The Kier molecular flexibility index (Phi) is 7.00. The summed E-state index contributed by atoms with van der Waals surface area (Å²) in [5, 5.41) is 2.12. The number of para-hydroxylation sites is 1. The van der Waals surface area contributed by atoms with Crippen LogP contribution in [0.1, 0.15) is 16.7 Å². The molecule has 0 aromatic heterocycles. The van der Waals surface area contributed by atoms with Crippen LogP contribution in [-0.2, 0) is 11.3 Å². The van der Waals surface area contributed by atoms with Gasteiger partial charge < -0.3 is 15.4 Å². The average molecular weight is 367 g/mol. The molecule has 27 heavy (non-hydrogen) atoms. The van der Waals surface area contributed by atoms with Crippen LogP contribution in [-0.4, -0.2) is 25.1 Å². The zero-order chi connectivity index (χ0) is 19.8. The van der Waals surface area contributed by atoms with E-state index in [2.05, 4.69) is 11.9 Å². The molecule has 0 spiro atoms. The quantitative estimate of drug-likeness (QED) is 0.702. The highest BCUT2D eigenvalue weighted by atomic mass is 16.5. The van der Waals surface area contributed by atoms with E-state index >= 15 is 0 Å². The predicted octanol–water partition coefficient (Wildman–Crippen LogP) is 3.07. The molecule has 0 atom stereocenters. The number of nitrogens with two attached hydrogens (primary N) is 1. The van der Waals surface area contributed by atoms with Gasteiger partial charge in [0.1, 0.15) is 12.4 Å². The first-order valence-corrected chi connectivity index (χ1v) is 8.63. The lowest BCUT2D eigenvalue weighted by atomic mass is 10.1. The smallest absolute Gasteiger partial charge is 0.318 e. The topological polar surface area (TPSA) is 84.7 Å². The third-order valence-corrected chi connectivity index (χ3v) is 4.14. The Morgan fingerprint density at radius 2 is 1.93 bits per heavy atom. The number of primary amides is 1. The fraction of sp³-hybridized carbons (Fsp3) is 0.238. The number of rotatable bonds is 8. The number of hydrogen-bond donors (Lipinski definition) is 2. The molecule has 0 fully saturated rings. The van der Waals surface area contributed by atoms with E-state index in [0.29, 0.717) is 13.2 Å². The average Bonchev–Trinajstić information content (AvgIpc) is 2.62. The number of urea groups is 1. The van der Waals surface area contributed by atoms with Crippen LogP contribution in [0.25, 0.3) is 0 Å². The second kappa shape index (κ2) is 9.43. The van der Waals surface area contributed by atoms with Gasteiger partial charge in [0.2, 0.25) is 5.91 Å². The first-order chi connectivity index (χ1) is 12.9. The number of hydrogen-bond acceptors (Lipinski definition) is 4. The number of benzene rings is 2. The molecule has 0 radical (unpaired) electrons. The van der Waals surface area contributed by atoms with E-state index in [1.54, 1.807) is 6.08 Å². The number of ether oxygens (including phenoxy) is 1. The van der Waals surface area contributed by atoms with Crippen LogP contribution < -0.4 is 20.7 Å². The Morgan fingerprint density at radius 3 is 2.59 bits per heavy atom. The number of anilines is 1. The minimum Gasteiger partial charge on any atom is -0.489 e. The maximum atomic E-state index is 12.1. The van der Waals surface area contributed by atoms with Gasteiger partial charge in [-0.1, -0.05) is 36.9 Å². The summed E-state index contributed by atoms with van der Waals surface area (Å²) < 4.78 is 5.72. The summed E-state index contributed by atoms with van der Waals surface area (Å²) in [4.78, 5) is 25.0. The van der Waals surface area contributed by atoms with E-state index in [9.17, 15) is 9.59 Å². The molecule has 0 aliphatic carbocycles. The van der Waals surface area contributed by atoms with Crippen LogP contribution >= 0.6 is 0 Å². The highest BCUT2D eigenvalue weighted by Crippen LogP contribution is 2.25. The molecule has 0 bridgehead atoms. The number of imide groups is 1. The van der Waals surface area contributed by atoms with Crippen molar-refractivity contribution in [2.45, 2.75) is 20.4 Å². The van der Waals surface area contributed by atoms with Crippen molar-refractivity contribution in [2.75, 3.05) is 18.1 Å². The molecule has 0 aliphatic heterocycles. The van der Waals surface area contributed by atoms with Gasteiger partial charge in [0.15, 0.2) is 0 Å². The van der Waals surface area contributed by atoms with E-state index in [0.717, 1.165) is 28.1 Å². The summed E-state index contributed by atoms with van der Waals surface area (Å²) in [6.07, 6.45) is 1.68. The van der Waals surface area contributed by atoms with Crippen LogP contribution in [0.15, 0.2) is 55.1 Å². The first-order valence-electron chi connectivity index (χ1n) is 8.63. The maximum absolute atomic E-state index is 12.1. The third kappa shape index (κ3) is 5.88. The Morgan fingerprint density at radius 1 is 1.19 bits per heavy atom. The summed E-state index contributed by atoms with van der Waals surface area (Å²) in [6.45, 7) is 8.52. The summed E-state index contributed by atoms with van der Waals surface area (Å²) in [5.74, 6) is 0.256. The van der Waals surface area contributed by atoms with Gasteiger partial charge in [0.25, 0.3) is 0 Å². The Bertz CT molecular complexity index is 833.